The lowest BCUT2D eigenvalue weighted by molar-refractivity contribution is 0.151. The minimum Gasteiger partial charge on any atom is -0.373 e. The van der Waals surface area contributed by atoms with Gasteiger partial charge in [0.2, 0.25) is 5.88 Å². The maximum absolute atomic E-state index is 10.6. The van der Waals surface area contributed by atoms with Gasteiger partial charge in [0.15, 0.2) is 0 Å². The summed E-state index contributed by atoms with van der Waals surface area (Å²) in [6, 6.07) is 0. The van der Waals surface area contributed by atoms with Gasteiger partial charge in [0.25, 0.3) is 0 Å². The van der Waals surface area contributed by atoms with Crippen LogP contribution >= 0.6 is 0 Å². The number of rotatable bonds is 2. The van der Waals surface area contributed by atoms with Crippen LogP contribution in [0.25, 0.3) is 0 Å². The van der Waals surface area contributed by atoms with E-state index < -0.39 is 17.5 Å². The summed E-state index contributed by atoms with van der Waals surface area (Å²) in [6.45, 7) is 0. The van der Waals surface area contributed by atoms with Crippen LogP contribution in [-0.2, 0) is 15.5 Å². The zero-order valence-corrected chi connectivity index (χ0v) is 6.93. The quantitative estimate of drug-likeness (QED) is 0.539. The van der Waals surface area contributed by atoms with Gasteiger partial charge < -0.3 is 8.92 Å². The Morgan fingerprint density at radius 2 is 2.31 bits per heavy atom. The van der Waals surface area contributed by atoms with Gasteiger partial charge in [0.1, 0.15) is 0 Å². The number of ether oxygens (including phenoxy) is 1. The van der Waals surface area contributed by atoms with Gasteiger partial charge in [-0.1, -0.05) is 0 Å². The molecule has 0 aliphatic carbocycles. The van der Waals surface area contributed by atoms with Crippen molar-refractivity contribution < 1.29 is 22.5 Å². The van der Waals surface area contributed by atoms with E-state index in [2.05, 4.69) is 18.9 Å². The fourth-order valence-corrected chi connectivity index (χ4v) is 0.649. The molecule has 0 aromatic carbocycles. The van der Waals surface area contributed by atoms with E-state index in [-0.39, 0.29) is 5.88 Å². The average Bonchev–Trinajstić information content (AvgIpc) is 2.04. The van der Waals surface area contributed by atoms with Crippen LogP contribution in [0.2, 0.25) is 0 Å². The van der Waals surface area contributed by atoms with E-state index in [4.69, 9.17) is 4.55 Å². The van der Waals surface area contributed by atoms with E-state index in [0.717, 1.165) is 6.20 Å². The van der Waals surface area contributed by atoms with Crippen molar-refractivity contribution in [2.45, 2.75) is 0 Å². The highest BCUT2D eigenvalue weighted by Gasteiger charge is 2.09. The lowest BCUT2D eigenvalue weighted by atomic mass is 10.7. The van der Waals surface area contributed by atoms with Gasteiger partial charge >= 0.3 is 17.5 Å². The normalized spacial score (nSPS) is 11.8. The molecule has 1 rings (SSSR count). The molecule has 0 amide bonds. The van der Waals surface area contributed by atoms with Crippen molar-refractivity contribution in [3.63, 3.8) is 0 Å². The van der Waals surface area contributed by atoms with Crippen molar-refractivity contribution in [3.05, 3.63) is 18.6 Å². The van der Waals surface area contributed by atoms with Crippen molar-refractivity contribution in [1.82, 2.24) is 9.97 Å². The molecule has 0 spiro atoms. The second-order valence-corrected chi connectivity index (χ2v) is 2.30. The SMILES string of the molecule is O=C(Oc1cnccn1)OS(=O)O. The van der Waals surface area contributed by atoms with Crippen LogP contribution < -0.4 is 4.74 Å². The average molecular weight is 204 g/mol. The third kappa shape index (κ3) is 3.58. The zero-order valence-electron chi connectivity index (χ0n) is 6.11. The van der Waals surface area contributed by atoms with E-state index in [9.17, 15) is 9.00 Å². The smallest absolute Gasteiger partial charge is 0.373 e. The molecule has 0 aliphatic heterocycles. The minimum atomic E-state index is -2.69. The van der Waals surface area contributed by atoms with E-state index in [0.29, 0.717) is 0 Å². The third-order valence-electron chi connectivity index (χ3n) is 0.867. The van der Waals surface area contributed by atoms with Crippen LogP contribution in [0.3, 0.4) is 0 Å². The number of carbonyl (C=O) groups is 1. The fourth-order valence-electron chi connectivity index (χ4n) is 0.499. The predicted octanol–water partition coefficient (Wildman–Crippen LogP) is 0.129. The maximum atomic E-state index is 10.6. The molecular weight excluding hydrogens is 200 g/mol. The molecule has 13 heavy (non-hydrogen) atoms. The lowest BCUT2D eigenvalue weighted by Gasteiger charge is -1.98. The number of hydrogen-bond donors (Lipinski definition) is 1. The van der Waals surface area contributed by atoms with Gasteiger partial charge in [-0.05, 0) is 0 Å². The van der Waals surface area contributed by atoms with E-state index in [1.54, 1.807) is 0 Å². The topological polar surface area (TPSA) is 98.6 Å². The Morgan fingerprint density at radius 3 is 2.85 bits per heavy atom. The molecule has 0 aliphatic rings. The Balaban J connectivity index is 2.50. The summed E-state index contributed by atoms with van der Waals surface area (Å²) in [4.78, 5) is 17.7. The van der Waals surface area contributed by atoms with Crippen molar-refractivity contribution in [3.8, 4) is 5.88 Å². The van der Waals surface area contributed by atoms with Crippen LogP contribution in [0.5, 0.6) is 5.88 Å². The molecule has 1 unspecified atom stereocenters. The molecule has 1 aromatic rings. The summed E-state index contributed by atoms with van der Waals surface area (Å²) < 4.78 is 26.2. The highest BCUT2D eigenvalue weighted by Crippen LogP contribution is 2.02. The fraction of sp³-hybridized carbons (Fsp3) is 0. The Morgan fingerprint density at radius 1 is 1.54 bits per heavy atom. The van der Waals surface area contributed by atoms with Gasteiger partial charge in [-0.3, -0.25) is 9.54 Å². The van der Waals surface area contributed by atoms with Crippen molar-refractivity contribution in [2.75, 3.05) is 0 Å². The number of nitrogens with zero attached hydrogens (tertiary/aromatic N) is 2. The first-order valence-corrected chi connectivity index (χ1v) is 3.98. The molecule has 0 saturated carbocycles. The van der Waals surface area contributed by atoms with Crippen LogP contribution in [0.15, 0.2) is 18.6 Å². The number of carbonyl (C=O) groups excluding carboxylic acids is 1. The summed E-state index contributed by atoms with van der Waals surface area (Å²) in [5.74, 6) is -0.113. The molecule has 1 atom stereocenters. The molecule has 8 heteroatoms. The molecule has 1 N–H and O–H groups in total. The standard InChI is InChI=1S/C5H4N2O5S/c8-5(12-13(9)10)11-4-3-6-1-2-7-4/h1-3H,(H,9,10). The van der Waals surface area contributed by atoms with Gasteiger partial charge in [-0.15, -0.1) is 0 Å². The molecule has 0 saturated heterocycles. The summed E-state index contributed by atoms with van der Waals surface area (Å²) >= 11 is -2.69. The Hall–Kier alpha value is -1.54. The van der Waals surface area contributed by atoms with Crippen LogP contribution in [-0.4, -0.2) is 24.9 Å². The minimum absolute atomic E-state index is 0.113. The molecule has 1 aromatic heterocycles. The van der Waals surface area contributed by atoms with Gasteiger partial charge in [0.05, 0.1) is 6.20 Å². The molecule has 1 heterocycles. The highest BCUT2D eigenvalue weighted by molar-refractivity contribution is 7.74. The first-order chi connectivity index (χ1) is 6.18. The Kier molecular flexibility index (Phi) is 3.29. The van der Waals surface area contributed by atoms with Crippen molar-refractivity contribution >= 4 is 17.5 Å². The molecule has 0 bridgehead atoms. The number of hydrogen-bond acceptors (Lipinski definition) is 6. The Labute approximate surface area is 75.2 Å². The van der Waals surface area contributed by atoms with Crippen LogP contribution in [0.4, 0.5) is 4.79 Å². The highest BCUT2D eigenvalue weighted by atomic mass is 32.2. The predicted molar refractivity (Wildman–Crippen MR) is 39.9 cm³/mol. The van der Waals surface area contributed by atoms with Crippen LogP contribution in [0.1, 0.15) is 0 Å². The zero-order chi connectivity index (χ0) is 9.68. The molecule has 7 nitrogen and oxygen atoms in total. The number of aromatic nitrogens is 2. The third-order valence-corrected chi connectivity index (χ3v) is 1.15. The van der Waals surface area contributed by atoms with E-state index >= 15 is 0 Å². The van der Waals surface area contributed by atoms with Gasteiger partial charge in [-0.25, -0.2) is 9.78 Å². The van der Waals surface area contributed by atoms with Gasteiger partial charge in [-0.2, -0.15) is 4.21 Å². The summed E-state index contributed by atoms with van der Waals surface area (Å²) in [5, 5.41) is 0. The second-order valence-electron chi connectivity index (χ2n) is 1.70. The molecule has 0 fully saturated rings. The molecule has 0 radical (unpaired) electrons. The van der Waals surface area contributed by atoms with E-state index in [1.807, 2.05) is 0 Å². The van der Waals surface area contributed by atoms with Crippen molar-refractivity contribution in [1.29, 1.82) is 0 Å². The van der Waals surface area contributed by atoms with Gasteiger partial charge in [0, 0.05) is 12.4 Å². The summed E-state index contributed by atoms with van der Waals surface area (Å²) in [6.07, 6.45) is 2.50. The Bertz CT molecular complexity index is 316. The summed E-state index contributed by atoms with van der Waals surface area (Å²) in [5.41, 5.74) is 0. The second kappa shape index (κ2) is 4.48. The van der Waals surface area contributed by atoms with Crippen molar-refractivity contribution in [2.24, 2.45) is 0 Å². The monoisotopic (exact) mass is 204 g/mol. The molecule has 70 valence electrons. The lowest BCUT2D eigenvalue weighted by Crippen LogP contribution is -2.12. The summed E-state index contributed by atoms with van der Waals surface area (Å²) in [7, 11) is 0. The van der Waals surface area contributed by atoms with E-state index in [1.165, 1.54) is 12.4 Å². The first-order valence-electron chi connectivity index (χ1n) is 2.95. The first kappa shape index (κ1) is 9.55. The van der Waals surface area contributed by atoms with Crippen LogP contribution in [0, 0.1) is 0 Å². The maximum Gasteiger partial charge on any atom is 0.531 e. The molecular formula is C5H4N2O5S. The largest absolute Gasteiger partial charge is 0.531 e.